The zero-order valence-electron chi connectivity index (χ0n) is 12.4. The van der Waals surface area contributed by atoms with E-state index in [2.05, 4.69) is 10.3 Å². The van der Waals surface area contributed by atoms with Crippen molar-refractivity contribution in [2.45, 2.75) is 6.42 Å². The van der Waals surface area contributed by atoms with Gasteiger partial charge in [-0.3, -0.25) is 9.78 Å². The van der Waals surface area contributed by atoms with Gasteiger partial charge in [0.05, 0.1) is 6.20 Å². The van der Waals surface area contributed by atoms with E-state index in [1.165, 1.54) is 4.90 Å². The molecule has 2 unspecified atom stereocenters. The Labute approximate surface area is 132 Å². The maximum atomic E-state index is 12.1. The van der Waals surface area contributed by atoms with Crippen LogP contribution in [-0.2, 0) is 0 Å². The molecule has 2 aromatic rings. The highest BCUT2D eigenvalue weighted by atomic mass is 16.4. The van der Waals surface area contributed by atoms with Gasteiger partial charge >= 0.3 is 6.09 Å². The zero-order chi connectivity index (χ0) is 16.0. The molecule has 2 atom stereocenters. The third-order valence-electron chi connectivity index (χ3n) is 4.95. The van der Waals surface area contributed by atoms with Crippen molar-refractivity contribution < 1.29 is 19.1 Å². The molecule has 7 heteroatoms. The predicted molar refractivity (Wildman–Crippen MR) is 81.0 cm³/mol. The number of amides is 2. The summed E-state index contributed by atoms with van der Waals surface area (Å²) < 4.78 is 5.47. The van der Waals surface area contributed by atoms with Gasteiger partial charge < -0.3 is 19.7 Å². The number of nitrogens with one attached hydrogen (secondary N) is 1. The van der Waals surface area contributed by atoms with Crippen LogP contribution >= 0.6 is 0 Å². The van der Waals surface area contributed by atoms with Crippen LogP contribution in [0, 0.1) is 17.8 Å². The lowest BCUT2D eigenvalue weighted by atomic mass is 10.2. The van der Waals surface area contributed by atoms with Gasteiger partial charge in [-0.1, -0.05) is 0 Å². The SMILES string of the molecule is O=C(NCCC1C2CN(C(=O)O)CC12)c1cc2ccncc2o1. The molecule has 2 amide bonds. The third kappa shape index (κ3) is 2.52. The number of piperidine rings is 1. The van der Waals surface area contributed by atoms with Crippen molar-refractivity contribution in [3.63, 3.8) is 0 Å². The Morgan fingerprint density at radius 1 is 1.39 bits per heavy atom. The molecule has 0 radical (unpaired) electrons. The Balaban J connectivity index is 1.26. The van der Waals surface area contributed by atoms with Crippen LogP contribution in [0.1, 0.15) is 17.0 Å². The second-order valence-corrected chi connectivity index (χ2v) is 6.25. The molecule has 1 saturated heterocycles. The standard InChI is InChI=1S/C16H17N3O4/c20-15(13-5-9-1-3-17-6-14(9)23-13)18-4-2-10-11-7-19(16(21)22)8-12(10)11/h1,3,5-6,10-12H,2,4,7-8H2,(H,18,20)(H,21,22). The molecule has 1 aliphatic heterocycles. The van der Waals surface area contributed by atoms with E-state index in [-0.39, 0.29) is 5.91 Å². The van der Waals surface area contributed by atoms with Gasteiger partial charge in [-0.2, -0.15) is 0 Å². The first-order valence-electron chi connectivity index (χ1n) is 7.73. The summed E-state index contributed by atoms with van der Waals surface area (Å²) in [5, 5.41) is 12.7. The number of hydrogen-bond acceptors (Lipinski definition) is 4. The fourth-order valence-electron chi connectivity index (χ4n) is 3.67. The molecule has 2 N–H and O–H groups in total. The maximum Gasteiger partial charge on any atom is 0.407 e. The molecule has 1 saturated carbocycles. The Bertz CT molecular complexity index is 727. The third-order valence-corrected chi connectivity index (χ3v) is 4.95. The van der Waals surface area contributed by atoms with E-state index >= 15 is 0 Å². The van der Waals surface area contributed by atoms with E-state index in [4.69, 9.17) is 9.52 Å². The Hall–Kier alpha value is -2.57. The first-order valence-corrected chi connectivity index (χ1v) is 7.73. The van der Waals surface area contributed by atoms with Gasteiger partial charge in [-0.15, -0.1) is 0 Å². The number of pyridine rings is 1. The van der Waals surface area contributed by atoms with Crippen LogP contribution in [0.5, 0.6) is 0 Å². The zero-order valence-corrected chi connectivity index (χ0v) is 12.4. The molecule has 4 rings (SSSR count). The van der Waals surface area contributed by atoms with Crippen molar-refractivity contribution >= 4 is 23.0 Å². The molecule has 0 aromatic carbocycles. The normalized spacial score (nSPS) is 25.4. The van der Waals surface area contributed by atoms with Crippen LogP contribution in [0.25, 0.3) is 11.0 Å². The monoisotopic (exact) mass is 315 g/mol. The number of rotatable bonds is 4. The highest BCUT2D eigenvalue weighted by Gasteiger charge is 2.55. The first-order chi connectivity index (χ1) is 11.1. The van der Waals surface area contributed by atoms with Crippen molar-refractivity contribution in [3.05, 3.63) is 30.3 Å². The van der Waals surface area contributed by atoms with E-state index < -0.39 is 6.09 Å². The molecular weight excluding hydrogens is 298 g/mol. The van der Waals surface area contributed by atoms with Crippen LogP contribution in [0.3, 0.4) is 0 Å². The molecular formula is C16H17N3O4. The molecule has 3 heterocycles. The van der Waals surface area contributed by atoms with Gasteiger partial charge in [0.25, 0.3) is 5.91 Å². The number of fused-ring (bicyclic) bond motifs is 2. The van der Waals surface area contributed by atoms with Gasteiger partial charge in [0.2, 0.25) is 0 Å². The smallest absolute Gasteiger partial charge is 0.407 e. The Morgan fingerprint density at radius 3 is 2.87 bits per heavy atom. The number of likely N-dealkylation sites (tertiary alicyclic amines) is 1. The highest BCUT2D eigenvalue weighted by molar-refractivity contribution is 5.95. The lowest BCUT2D eigenvalue weighted by molar-refractivity contribution is 0.0926. The van der Waals surface area contributed by atoms with Gasteiger partial charge in [-0.25, -0.2) is 4.79 Å². The van der Waals surface area contributed by atoms with Crippen molar-refractivity contribution in [1.29, 1.82) is 0 Å². The minimum Gasteiger partial charge on any atom is -0.465 e. The molecule has 120 valence electrons. The average Bonchev–Trinajstić information content (AvgIpc) is 2.96. The lowest BCUT2D eigenvalue weighted by Crippen LogP contribution is -2.30. The summed E-state index contributed by atoms with van der Waals surface area (Å²) in [6, 6.07) is 3.51. The molecule has 1 aliphatic carbocycles. The number of furan rings is 1. The first kappa shape index (κ1) is 14.0. The second-order valence-electron chi connectivity index (χ2n) is 6.25. The van der Waals surface area contributed by atoms with Crippen molar-refractivity contribution in [2.75, 3.05) is 19.6 Å². The van der Waals surface area contributed by atoms with Crippen LogP contribution in [-0.4, -0.2) is 46.6 Å². The summed E-state index contributed by atoms with van der Waals surface area (Å²) in [6.45, 7) is 1.85. The van der Waals surface area contributed by atoms with Crippen LogP contribution < -0.4 is 5.32 Å². The average molecular weight is 315 g/mol. The molecule has 2 aliphatic rings. The Kier molecular flexibility index (Phi) is 3.21. The van der Waals surface area contributed by atoms with Gasteiger partial charge in [0.15, 0.2) is 11.3 Å². The summed E-state index contributed by atoms with van der Waals surface area (Å²) in [6.07, 6.45) is 3.30. The van der Waals surface area contributed by atoms with E-state index in [1.54, 1.807) is 24.5 Å². The van der Waals surface area contributed by atoms with E-state index in [0.717, 1.165) is 11.8 Å². The number of nitrogens with zero attached hydrogens (tertiary/aromatic N) is 2. The van der Waals surface area contributed by atoms with E-state index in [0.29, 0.717) is 48.7 Å². The second kappa shape index (κ2) is 5.26. The summed E-state index contributed by atoms with van der Waals surface area (Å²) in [5.41, 5.74) is 0.600. The fourth-order valence-corrected chi connectivity index (χ4v) is 3.67. The summed E-state index contributed by atoms with van der Waals surface area (Å²) in [5.74, 6) is 1.55. The van der Waals surface area contributed by atoms with Crippen molar-refractivity contribution in [1.82, 2.24) is 15.2 Å². The van der Waals surface area contributed by atoms with Crippen LogP contribution in [0.15, 0.2) is 28.9 Å². The number of carbonyl (C=O) groups is 2. The number of aromatic nitrogens is 1. The Morgan fingerprint density at radius 2 is 2.17 bits per heavy atom. The van der Waals surface area contributed by atoms with Crippen LogP contribution in [0.2, 0.25) is 0 Å². The molecule has 2 aromatic heterocycles. The van der Waals surface area contributed by atoms with Gasteiger partial charge in [-0.05, 0) is 36.3 Å². The van der Waals surface area contributed by atoms with E-state index in [9.17, 15) is 9.59 Å². The van der Waals surface area contributed by atoms with Crippen molar-refractivity contribution in [3.8, 4) is 0 Å². The molecule has 23 heavy (non-hydrogen) atoms. The minimum absolute atomic E-state index is 0.223. The van der Waals surface area contributed by atoms with E-state index in [1.807, 2.05) is 0 Å². The molecule has 0 bridgehead atoms. The topological polar surface area (TPSA) is 95.7 Å². The molecule has 0 spiro atoms. The summed E-state index contributed by atoms with van der Waals surface area (Å²) >= 11 is 0. The van der Waals surface area contributed by atoms with Crippen LogP contribution in [0.4, 0.5) is 4.79 Å². The highest BCUT2D eigenvalue weighted by Crippen LogP contribution is 2.53. The number of hydrogen-bond donors (Lipinski definition) is 2. The quantitative estimate of drug-likeness (QED) is 0.897. The summed E-state index contributed by atoms with van der Waals surface area (Å²) in [4.78, 5) is 28.4. The van der Waals surface area contributed by atoms with Gasteiger partial charge in [0.1, 0.15) is 0 Å². The van der Waals surface area contributed by atoms with Gasteiger partial charge in [0, 0.05) is 31.2 Å². The number of carbonyl (C=O) groups excluding carboxylic acids is 1. The molecule has 7 nitrogen and oxygen atoms in total. The lowest BCUT2D eigenvalue weighted by Gasteiger charge is -2.15. The van der Waals surface area contributed by atoms with Crippen molar-refractivity contribution in [2.24, 2.45) is 17.8 Å². The number of carboxylic acid groups (broad SMARTS) is 1. The molecule has 2 fully saturated rings. The maximum absolute atomic E-state index is 12.1. The minimum atomic E-state index is -0.830. The summed E-state index contributed by atoms with van der Waals surface area (Å²) in [7, 11) is 0. The largest absolute Gasteiger partial charge is 0.465 e. The fraction of sp³-hybridized carbons (Fsp3) is 0.438. The predicted octanol–water partition coefficient (Wildman–Crippen LogP) is 1.80.